The molecule has 6 nitrogen and oxygen atoms in total. The molecule has 1 spiro atoms. The largest absolute Gasteiger partial charge is 0.393 e. The van der Waals surface area contributed by atoms with Crippen LogP contribution in [0.15, 0.2) is 36.7 Å². The zero-order valence-corrected chi connectivity index (χ0v) is 19.0. The molecule has 3 aromatic rings. The van der Waals surface area contributed by atoms with E-state index in [2.05, 4.69) is 25.0 Å². The summed E-state index contributed by atoms with van der Waals surface area (Å²) < 4.78 is 38.5. The van der Waals surface area contributed by atoms with E-state index < -0.39 is 12.6 Å². The van der Waals surface area contributed by atoms with Gasteiger partial charge in [0, 0.05) is 36.6 Å². The number of alkyl halides is 3. The number of thiophene rings is 1. The third-order valence-corrected chi connectivity index (χ3v) is 7.69. The molecule has 2 fully saturated rings. The van der Waals surface area contributed by atoms with E-state index in [4.69, 9.17) is 6.57 Å². The van der Waals surface area contributed by atoms with Crippen LogP contribution in [0, 0.1) is 12.0 Å². The second-order valence-corrected chi connectivity index (χ2v) is 10.3. The van der Waals surface area contributed by atoms with Gasteiger partial charge in [0.1, 0.15) is 17.0 Å². The topological polar surface area (TPSA) is 62.5 Å². The molecule has 1 aliphatic carbocycles. The number of rotatable bonds is 5. The summed E-state index contributed by atoms with van der Waals surface area (Å²) in [4.78, 5) is 27.5. The fourth-order valence-corrected chi connectivity index (χ4v) is 6.11. The first-order valence-corrected chi connectivity index (χ1v) is 11.8. The van der Waals surface area contributed by atoms with E-state index in [9.17, 15) is 18.0 Å². The van der Waals surface area contributed by atoms with E-state index in [0.717, 1.165) is 49.3 Å². The summed E-state index contributed by atoms with van der Waals surface area (Å²) in [6.07, 6.45) is -1.11. The monoisotopic (exact) mass is 487 g/mol. The van der Waals surface area contributed by atoms with E-state index in [1.807, 2.05) is 0 Å². The van der Waals surface area contributed by atoms with Gasteiger partial charge in [-0.3, -0.25) is 4.79 Å². The molecule has 0 bridgehead atoms. The van der Waals surface area contributed by atoms with Crippen LogP contribution in [0.2, 0.25) is 0 Å². The third-order valence-electron chi connectivity index (χ3n) is 6.64. The van der Waals surface area contributed by atoms with Gasteiger partial charge in [0.2, 0.25) is 6.54 Å². The van der Waals surface area contributed by atoms with Crippen molar-refractivity contribution in [3.8, 4) is 0 Å². The number of carbonyl (C=O) groups is 1. The molecular formula is C24H24F3N5OS. The van der Waals surface area contributed by atoms with Crippen molar-refractivity contribution in [2.24, 2.45) is 5.41 Å². The molecule has 34 heavy (non-hydrogen) atoms. The average Bonchev–Trinajstić information content (AvgIpc) is 3.37. The Morgan fingerprint density at radius 3 is 2.76 bits per heavy atom. The van der Waals surface area contributed by atoms with Crippen molar-refractivity contribution in [2.45, 2.75) is 44.4 Å². The van der Waals surface area contributed by atoms with Crippen molar-refractivity contribution in [3.63, 3.8) is 0 Å². The van der Waals surface area contributed by atoms with Gasteiger partial charge in [-0.25, -0.2) is 16.5 Å². The van der Waals surface area contributed by atoms with Gasteiger partial charge in [-0.1, -0.05) is 12.1 Å². The molecule has 2 aliphatic rings. The smallest absolute Gasteiger partial charge is 0.355 e. The molecule has 1 amide bonds. The van der Waals surface area contributed by atoms with Crippen LogP contribution in [0.5, 0.6) is 0 Å². The molecule has 1 N–H and O–H groups in total. The maximum absolute atomic E-state index is 12.8. The Kier molecular flexibility index (Phi) is 5.68. The van der Waals surface area contributed by atoms with Crippen LogP contribution in [0.1, 0.15) is 41.5 Å². The summed E-state index contributed by atoms with van der Waals surface area (Å²) >= 11 is 1.07. The lowest BCUT2D eigenvalue weighted by Crippen LogP contribution is -2.52. The van der Waals surface area contributed by atoms with Crippen molar-refractivity contribution in [1.29, 1.82) is 0 Å². The first-order valence-electron chi connectivity index (χ1n) is 11.0. The number of hydrogen-bond donors (Lipinski definition) is 1. The summed E-state index contributed by atoms with van der Waals surface area (Å²) in [5.74, 6) is 0.579. The molecule has 178 valence electrons. The predicted molar refractivity (Wildman–Crippen MR) is 126 cm³/mol. The van der Waals surface area contributed by atoms with Crippen LogP contribution >= 0.6 is 11.3 Å². The van der Waals surface area contributed by atoms with Crippen molar-refractivity contribution >= 4 is 33.3 Å². The zero-order valence-electron chi connectivity index (χ0n) is 18.2. The van der Waals surface area contributed by atoms with E-state index in [1.54, 1.807) is 30.3 Å². The molecule has 10 heteroatoms. The van der Waals surface area contributed by atoms with Crippen molar-refractivity contribution in [1.82, 2.24) is 15.3 Å². The van der Waals surface area contributed by atoms with Gasteiger partial charge >= 0.3 is 6.18 Å². The quantitative estimate of drug-likeness (QED) is 0.500. The van der Waals surface area contributed by atoms with E-state index in [-0.39, 0.29) is 23.7 Å². The second-order valence-electron chi connectivity index (χ2n) is 9.18. The number of nitrogens with one attached hydrogen (secondary N) is 1. The van der Waals surface area contributed by atoms with E-state index in [1.165, 1.54) is 6.33 Å². The lowest BCUT2D eigenvalue weighted by Gasteiger charge is -2.45. The molecule has 0 unspecified atom stereocenters. The highest BCUT2D eigenvalue weighted by molar-refractivity contribution is 7.18. The van der Waals surface area contributed by atoms with Crippen molar-refractivity contribution in [3.05, 3.63) is 64.1 Å². The molecule has 1 saturated carbocycles. The first-order chi connectivity index (χ1) is 16.2. The Labute approximate surface area is 200 Å². The second kappa shape index (κ2) is 8.55. The minimum atomic E-state index is -4.25. The molecule has 5 rings (SSSR count). The Balaban J connectivity index is 0.00000289. The number of nitrogens with zero attached hydrogens (tertiary/aromatic N) is 4. The van der Waals surface area contributed by atoms with Gasteiger partial charge < -0.3 is 15.1 Å². The predicted octanol–water partition coefficient (Wildman–Crippen LogP) is 5.25. The average molecular weight is 488 g/mol. The number of fused-ring (bicyclic) bond motifs is 1. The Hall–Kier alpha value is -3.19. The molecule has 2 aromatic heterocycles. The highest BCUT2D eigenvalue weighted by atomic mass is 32.1. The Morgan fingerprint density at radius 2 is 2.06 bits per heavy atom. The van der Waals surface area contributed by atoms with Crippen molar-refractivity contribution < 1.29 is 19.4 Å². The van der Waals surface area contributed by atoms with Crippen LogP contribution in [-0.2, 0) is 13.0 Å². The maximum atomic E-state index is 12.8. The highest BCUT2D eigenvalue weighted by Crippen LogP contribution is 2.49. The first kappa shape index (κ1) is 22.6. The van der Waals surface area contributed by atoms with Crippen LogP contribution in [0.4, 0.5) is 19.0 Å². The van der Waals surface area contributed by atoms with E-state index >= 15 is 0 Å². The maximum Gasteiger partial charge on any atom is 0.393 e. The van der Waals surface area contributed by atoms with E-state index in [0.29, 0.717) is 28.1 Å². The summed E-state index contributed by atoms with van der Waals surface area (Å²) in [7, 11) is 0. The summed E-state index contributed by atoms with van der Waals surface area (Å²) in [6.45, 7) is 8.76. The molecule has 0 radical (unpaired) electrons. The van der Waals surface area contributed by atoms with Gasteiger partial charge in [-0.2, -0.15) is 13.2 Å². The highest BCUT2D eigenvalue weighted by Gasteiger charge is 2.49. The van der Waals surface area contributed by atoms with Gasteiger partial charge in [-0.15, -0.1) is 11.3 Å². The number of benzene rings is 1. The summed E-state index contributed by atoms with van der Waals surface area (Å²) in [6, 6.07) is 8.77. The minimum absolute atomic E-state index is 0. The fraction of sp³-hybridized carbons (Fsp3) is 0.417. The standard InChI is InChI=1S/C24H22F3N5OS.H2/c1-28-12-15-2-4-16(5-3-15)21(33)31-17-9-23(10-17)6-7-32(13-23)20-19-8-18(11-24(25,26)27)34-22(19)30-14-29-20;/h2-5,8,14,17H,6-7,9-13H2,(H,31,33);1H. The normalized spacial score (nSPS) is 22.1. The molecular weight excluding hydrogens is 463 g/mol. The number of hydrogen-bond acceptors (Lipinski definition) is 5. The van der Waals surface area contributed by atoms with Crippen LogP contribution in [0.25, 0.3) is 15.1 Å². The van der Waals surface area contributed by atoms with Crippen LogP contribution in [-0.4, -0.2) is 41.2 Å². The molecule has 1 aromatic carbocycles. The number of aromatic nitrogens is 2. The van der Waals surface area contributed by atoms with Crippen molar-refractivity contribution in [2.75, 3.05) is 18.0 Å². The lowest BCUT2D eigenvalue weighted by molar-refractivity contribution is -0.126. The number of anilines is 1. The van der Waals surface area contributed by atoms with Crippen LogP contribution in [0.3, 0.4) is 0 Å². The fourth-order valence-electron chi connectivity index (χ4n) is 5.09. The number of carbonyl (C=O) groups excluding carboxylic acids is 1. The lowest BCUT2D eigenvalue weighted by atomic mass is 9.65. The van der Waals surface area contributed by atoms with Gasteiger partial charge in [-0.05, 0) is 42.9 Å². The molecule has 1 aliphatic heterocycles. The molecule has 0 atom stereocenters. The summed E-state index contributed by atoms with van der Waals surface area (Å²) in [5.41, 5.74) is 1.55. The zero-order chi connectivity index (χ0) is 23.9. The SMILES string of the molecule is [C-]#[N+]Cc1ccc(C(=O)NC2CC3(CCN(c4ncnc5sc(CC(F)(F)F)cc45)C3)C2)cc1.[HH]. The van der Waals surface area contributed by atoms with Gasteiger partial charge in [0.15, 0.2) is 0 Å². The molecule has 3 heterocycles. The van der Waals surface area contributed by atoms with Gasteiger partial charge in [0.05, 0.1) is 11.8 Å². The Bertz CT molecular complexity index is 1260. The van der Waals surface area contributed by atoms with Gasteiger partial charge in [0.25, 0.3) is 5.91 Å². The number of amides is 1. The summed E-state index contributed by atoms with van der Waals surface area (Å²) in [5, 5.41) is 3.77. The van der Waals surface area contributed by atoms with Crippen LogP contribution < -0.4 is 10.2 Å². The Morgan fingerprint density at radius 1 is 1.29 bits per heavy atom. The number of halogens is 3. The third kappa shape index (κ3) is 4.57. The molecule has 1 saturated heterocycles. The minimum Gasteiger partial charge on any atom is -0.355 e.